The number of carbonyl (C=O) groups is 2. The van der Waals surface area contributed by atoms with Gasteiger partial charge in [0.05, 0.1) is 13.3 Å². The Balaban J connectivity index is 1.84. The zero-order valence-electron chi connectivity index (χ0n) is 13.7. The average molecular weight is 358 g/mol. The van der Waals surface area contributed by atoms with E-state index in [0.717, 1.165) is 10.6 Å². The molecule has 1 atom stereocenters. The number of halogens is 1. The molecule has 0 unspecified atom stereocenters. The highest BCUT2D eigenvalue weighted by Crippen LogP contribution is 2.30. The highest BCUT2D eigenvalue weighted by atomic mass is 35.5. The number of methoxy groups -OCH3 is 1. The molecule has 0 aromatic heterocycles. The Kier molecular flexibility index (Phi) is 4.46. The molecule has 3 amide bonds. The third-order valence-corrected chi connectivity index (χ3v) is 4.28. The lowest BCUT2D eigenvalue weighted by Gasteiger charge is -2.21. The van der Waals surface area contributed by atoms with Gasteiger partial charge in [-0.1, -0.05) is 35.9 Å². The van der Waals surface area contributed by atoms with Gasteiger partial charge in [-0.3, -0.25) is 4.79 Å². The van der Waals surface area contributed by atoms with E-state index >= 15 is 0 Å². The van der Waals surface area contributed by atoms with Crippen LogP contribution in [0.3, 0.4) is 0 Å². The number of nitrogens with zero attached hydrogens (tertiary/aromatic N) is 2. The fraction of sp³-hybridized carbons (Fsp3) is 0.167. The first-order valence-electron chi connectivity index (χ1n) is 7.55. The minimum atomic E-state index is -1.18. The molecule has 0 bridgehead atoms. The van der Waals surface area contributed by atoms with Gasteiger partial charge in [-0.15, -0.1) is 5.01 Å². The van der Waals surface area contributed by atoms with Gasteiger partial charge in [0.15, 0.2) is 0 Å². The number of imide groups is 1. The van der Waals surface area contributed by atoms with Crippen molar-refractivity contribution in [1.29, 1.82) is 0 Å². The number of urea groups is 1. The van der Waals surface area contributed by atoms with E-state index in [0.29, 0.717) is 16.3 Å². The summed E-state index contributed by atoms with van der Waals surface area (Å²) in [6.45, 7) is 1.65. The van der Waals surface area contributed by atoms with Gasteiger partial charge in [-0.2, -0.15) is 5.10 Å². The number of hydrogen-bond donors (Lipinski definition) is 1. The smallest absolute Gasteiger partial charge is 0.346 e. The van der Waals surface area contributed by atoms with Crippen molar-refractivity contribution in [3.63, 3.8) is 0 Å². The molecule has 6 nitrogen and oxygen atoms in total. The maximum absolute atomic E-state index is 12.7. The Morgan fingerprint density at radius 1 is 1.12 bits per heavy atom. The number of amides is 3. The number of benzene rings is 2. The van der Waals surface area contributed by atoms with Crippen molar-refractivity contribution in [1.82, 2.24) is 10.3 Å². The summed E-state index contributed by atoms with van der Waals surface area (Å²) in [5.41, 5.74) is 0.194. The summed E-state index contributed by atoms with van der Waals surface area (Å²) in [5.74, 6) is 0.217. The van der Waals surface area contributed by atoms with Crippen molar-refractivity contribution >= 4 is 29.8 Å². The molecule has 0 saturated carbocycles. The van der Waals surface area contributed by atoms with Crippen LogP contribution in [0.1, 0.15) is 18.1 Å². The summed E-state index contributed by atoms with van der Waals surface area (Å²) < 4.78 is 5.11. The fourth-order valence-corrected chi connectivity index (χ4v) is 2.65. The van der Waals surface area contributed by atoms with Crippen LogP contribution in [0.25, 0.3) is 0 Å². The number of hydrogen-bond acceptors (Lipinski definition) is 4. The minimum absolute atomic E-state index is 0.451. The molecular weight excluding hydrogens is 342 g/mol. The predicted molar refractivity (Wildman–Crippen MR) is 94.8 cm³/mol. The molecule has 2 aromatic rings. The molecule has 1 N–H and O–H groups in total. The van der Waals surface area contributed by atoms with Crippen LogP contribution in [0.5, 0.6) is 5.75 Å². The zero-order chi connectivity index (χ0) is 18.0. The lowest BCUT2D eigenvalue weighted by molar-refractivity contribution is -0.131. The van der Waals surface area contributed by atoms with Gasteiger partial charge < -0.3 is 10.1 Å². The molecule has 128 valence electrons. The molecule has 25 heavy (non-hydrogen) atoms. The second kappa shape index (κ2) is 6.57. The number of carbonyl (C=O) groups excluding carboxylic acids is 2. The fourth-order valence-electron chi connectivity index (χ4n) is 2.52. The first-order valence-corrected chi connectivity index (χ1v) is 7.92. The monoisotopic (exact) mass is 357 g/mol. The van der Waals surface area contributed by atoms with Crippen LogP contribution in [0.4, 0.5) is 4.79 Å². The highest BCUT2D eigenvalue weighted by Gasteiger charge is 2.49. The van der Waals surface area contributed by atoms with Crippen LogP contribution in [0, 0.1) is 0 Å². The topological polar surface area (TPSA) is 71.0 Å². The summed E-state index contributed by atoms with van der Waals surface area (Å²) in [6, 6.07) is 13.3. The van der Waals surface area contributed by atoms with E-state index in [-0.39, 0.29) is 0 Å². The molecule has 0 spiro atoms. The van der Waals surface area contributed by atoms with Crippen molar-refractivity contribution in [3.05, 3.63) is 64.7 Å². The van der Waals surface area contributed by atoms with Gasteiger partial charge >= 0.3 is 6.03 Å². The van der Waals surface area contributed by atoms with Crippen LogP contribution >= 0.6 is 11.6 Å². The normalized spacial score (nSPS) is 20.2. The van der Waals surface area contributed by atoms with Crippen LogP contribution in [0.2, 0.25) is 5.02 Å². The van der Waals surface area contributed by atoms with Gasteiger partial charge in [0.1, 0.15) is 11.3 Å². The standard InChI is InChI=1S/C18H16ClN3O3/c1-18(13-5-9-15(25-2)10-6-13)16(23)22(17(24)21-18)20-11-12-3-7-14(19)8-4-12/h3-11H,1-2H3,(H,21,24)/t18-/m0/s1. The molecule has 1 heterocycles. The molecule has 1 aliphatic rings. The zero-order valence-corrected chi connectivity index (χ0v) is 14.4. The Morgan fingerprint density at radius 3 is 2.36 bits per heavy atom. The minimum Gasteiger partial charge on any atom is -0.497 e. The molecule has 1 saturated heterocycles. The molecule has 1 fully saturated rings. The van der Waals surface area contributed by atoms with E-state index < -0.39 is 17.5 Å². The largest absolute Gasteiger partial charge is 0.497 e. The van der Waals surface area contributed by atoms with Gasteiger partial charge in [-0.05, 0) is 42.3 Å². The second-order valence-corrected chi connectivity index (χ2v) is 6.13. The predicted octanol–water partition coefficient (Wildman–Crippen LogP) is 3.15. The molecule has 0 aliphatic carbocycles. The molecule has 0 radical (unpaired) electrons. The van der Waals surface area contributed by atoms with Crippen molar-refractivity contribution in [2.45, 2.75) is 12.5 Å². The third-order valence-electron chi connectivity index (χ3n) is 4.03. The Labute approximate surface area is 150 Å². The van der Waals surface area contributed by atoms with Crippen molar-refractivity contribution in [2.24, 2.45) is 5.10 Å². The van der Waals surface area contributed by atoms with Gasteiger partial charge in [-0.25, -0.2) is 4.79 Å². The lowest BCUT2D eigenvalue weighted by atomic mass is 9.92. The number of hydrazone groups is 1. The van der Waals surface area contributed by atoms with E-state index in [1.54, 1.807) is 62.6 Å². The maximum atomic E-state index is 12.7. The first kappa shape index (κ1) is 17.0. The highest BCUT2D eigenvalue weighted by molar-refractivity contribution is 6.30. The van der Waals surface area contributed by atoms with Gasteiger partial charge in [0, 0.05) is 5.02 Å². The van der Waals surface area contributed by atoms with E-state index in [2.05, 4.69) is 10.4 Å². The number of nitrogens with one attached hydrogen (secondary N) is 1. The third kappa shape index (κ3) is 3.21. The molecule has 2 aromatic carbocycles. The van der Waals surface area contributed by atoms with Crippen LogP contribution in [-0.2, 0) is 10.3 Å². The summed E-state index contributed by atoms with van der Waals surface area (Å²) in [7, 11) is 1.56. The maximum Gasteiger partial charge on any atom is 0.346 e. The van der Waals surface area contributed by atoms with E-state index in [1.807, 2.05) is 0 Å². The van der Waals surface area contributed by atoms with Crippen molar-refractivity contribution < 1.29 is 14.3 Å². The Morgan fingerprint density at radius 2 is 1.76 bits per heavy atom. The quantitative estimate of drug-likeness (QED) is 0.675. The molecule has 1 aliphatic heterocycles. The SMILES string of the molecule is COc1ccc([C@]2(C)NC(=O)N(N=Cc3ccc(Cl)cc3)C2=O)cc1. The molecular formula is C18H16ClN3O3. The number of ether oxygens (including phenoxy) is 1. The van der Waals surface area contributed by atoms with Crippen molar-refractivity contribution in [2.75, 3.05) is 7.11 Å². The summed E-state index contributed by atoms with van der Waals surface area (Å²) in [4.78, 5) is 25.0. The first-order chi connectivity index (χ1) is 11.9. The van der Waals surface area contributed by atoms with Gasteiger partial charge in [0.2, 0.25) is 0 Å². The van der Waals surface area contributed by atoms with E-state index in [9.17, 15) is 9.59 Å². The van der Waals surface area contributed by atoms with Crippen LogP contribution in [-0.4, -0.2) is 30.3 Å². The van der Waals surface area contributed by atoms with Crippen LogP contribution in [0.15, 0.2) is 53.6 Å². The summed E-state index contributed by atoms with van der Waals surface area (Å²) in [5, 5.41) is 8.14. The average Bonchev–Trinajstić information content (AvgIpc) is 2.84. The Hall–Kier alpha value is -2.86. The van der Waals surface area contributed by atoms with E-state index in [1.165, 1.54) is 6.21 Å². The molecule has 7 heteroatoms. The summed E-state index contributed by atoms with van der Waals surface area (Å²) in [6.07, 6.45) is 1.44. The summed E-state index contributed by atoms with van der Waals surface area (Å²) >= 11 is 5.83. The lowest BCUT2D eigenvalue weighted by Crippen LogP contribution is -2.40. The molecule has 3 rings (SSSR count). The number of rotatable bonds is 4. The van der Waals surface area contributed by atoms with E-state index in [4.69, 9.17) is 16.3 Å². The second-order valence-electron chi connectivity index (χ2n) is 5.70. The van der Waals surface area contributed by atoms with Crippen LogP contribution < -0.4 is 10.1 Å². The Bertz CT molecular complexity index is 834. The van der Waals surface area contributed by atoms with Gasteiger partial charge in [0.25, 0.3) is 5.91 Å². The van der Waals surface area contributed by atoms with Crippen molar-refractivity contribution in [3.8, 4) is 5.75 Å².